The number of hydrogen-bond donors (Lipinski definition) is 1. The Kier molecular flexibility index (Phi) is 9.46. The van der Waals surface area contributed by atoms with Crippen molar-refractivity contribution in [1.29, 1.82) is 0 Å². The van der Waals surface area contributed by atoms with Crippen LogP contribution in [0.3, 0.4) is 0 Å². The molecule has 0 bridgehead atoms. The highest BCUT2D eigenvalue weighted by molar-refractivity contribution is 5.75. The number of methoxy groups -OCH3 is 1. The number of ether oxygens (including phenoxy) is 2. The van der Waals surface area contributed by atoms with E-state index >= 15 is 0 Å². The van der Waals surface area contributed by atoms with Gasteiger partial charge in [0.15, 0.2) is 0 Å². The smallest absolute Gasteiger partial charge is 0.223 e. The van der Waals surface area contributed by atoms with Crippen LogP contribution in [-0.4, -0.2) is 64.9 Å². The highest BCUT2D eigenvalue weighted by Gasteiger charge is 2.01. The Bertz CT molecular complexity index is 163. The zero-order valence-electron chi connectivity index (χ0n) is 9.91. The fraction of sp³-hybridized carbons (Fsp3) is 0.900. The molecule has 15 heavy (non-hydrogen) atoms. The molecule has 0 saturated carbocycles. The number of rotatable bonds is 9. The minimum absolute atomic E-state index is 0.141. The molecule has 0 aliphatic heterocycles. The van der Waals surface area contributed by atoms with Crippen LogP contribution in [-0.2, 0) is 14.3 Å². The van der Waals surface area contributed by atoms with Crippen LogP contribution in [0.2, 0.25) is 0 Å². The first-order chi connectivity index (χ1) is 7.18. The van der Waals surface area contributed by atoms with Crippen molar-refractivity contribution < 1.29 is 14.3 Å². The van der Waals surface area contributed by atoms with E-state index in [4.69, 9.17) is 9.47 Å². The number of amides is 1. The van der Waals surface area contributed by atoms with Crippen molar-refractivity contribution in [1.82, 2.24) is 10.2 Å². The third-order valence-electron chi connectivity index (χ3n) is 1.87. The van der Waals surface area contributed by atoms with Gasteiger partial charge in [-0.05, 0) is 0 Å². The summed E-state index contributed by atoms with van der Waals surface area (Å²) in [5.74, 6) is 0.141. The van der Waals surface area contributed by atoms with E-state index in [-0.39, 0.29) is 5.91 Å². The summed E-state index contributed by atoms with van der Waals surface area (Å²) in [5, 5.41) is 3.13. The van der Waals surface area contributed by atoms with Crippen LogP contribution < -0.4 is 5.32 Å². The van der Waals surface area contributed by atoms with Crippen LogP contribution in [0.15, 0.2) is 0 Å². The number of nitrogens with one attached hydrogen (secondary N) is 1. The largest absolute Gasteiger partial charge is 0.382 e. The minimum atomic E-state index is 0.141. The summed E-state index contributed by atoms with van der Waals surface area (Å²) in [5.41, 5.74) is 0. The lowest BCUT2D eigenvalue weighted by Crippen LogP contribution is -2.28. The summed E-state index contributed by atoms with van der Waals surface area (Å²) in [7, 11) is 5.17. The van der Waals surface area contributed by atoms with Crippen molar-refractivity contribution in [3.8, 4) is 0 Å². The number of hydrogen-bond acceptors (Lipinski definition) is 4. The fourth-order valence-corrected chi connectivity index (χ4v) is 0.933. The van der Waals surface area contributed by atoms with E-state index in [0.29, 0.717) is 32.8 Å². The Hall–Kier alpha value is -0.650. The lowest BCUT2D eigenvalue weighted by Gasteiger charge is -2.10. The van der Waals surface area contributed by atoms with Gasteiger partial charge < -0.3 is 19.7 Å². The number of nitrogens with zero attached hydrogens (tertiary/aromatic N) is 1. The molecule has 0 rings (SSSR count). The molecule has 90 valence electrons. The van der Waals surface area contributed by atoms with E-state index in [1.165, 1.54) is 0 Å². The number of carbonyl (C=O) groups is 1. The zero-order chi connectivity index (χ0) is 11.5. The van der Waals surface area contributed by atoms with Gasteiger partial charge in [-0.25, -0.2) is 0 Å². The lowest BCUT2D eigenvalue weighted by atomic mass is 10.4. The van der Waals surface area contributed by atoms with Gasteiger partial charge >= 0.3 is 0 Å². The van der Waals surface area contributed by atoms with Crippen molar-refractivity contribution in [2.75, 3.05) is 54.1 Å². The van der Waals surface area contributed by atoms with Crippen LogP contribution >= 0.6 is 0 Å². The molecule has 1 amide bonds. The van der Waals surface area contributed by atoms with Gasteiger partial charge in [-0.15, -0.1) is 0 Å². The van der Waals surface area contributed by atoms with E-state index in [1.54, 1.807) is 26.1 Å². The van der Waals surface area contributed by atoms with Crippen LogP contribution in [0.4, 0.5) is 0 Å². The summed E-state index contributed by atoms with van der Waals surface area (Å²) < 4.78 is 10.1. The Morgan fingerprint density at radius 3 is 2.53 bits per heavy atom. The van der Waals surface area contributed by atoms with Crippen molar-refractivity contribution in [2.45, 2.75) is 6.42 Å². The molecule has 0 aliphatic rings. The maximum absolute atomic E-state index is 11.2. The SMILES string of the molecule is COCCOCCNCCC(=O)N(C)C. The molecule has 1 N–H and O–H groups in total. The summed E-state index contributed by atoms with van der Waals surface area (Å²) >= 11 is 0. The maximum Gasteiger partial charge on any atom is 0.223 e. The molecule has 0 aromatic carbocycles. The normalized spacial score (nSPS) is 10.3. The molecule has 0 aromatic heterocycles. The fourth-order valence-electron chi connectivity index (χ4n) is 0.933. The van der Waals surface area contributed by atoms with Gasteiger partial charge in [0.25, 0.3) is 0 Å². The highest BCUT2D eigenvalue weighted by Crippen LogP contribution is 1.84. The van der Waals surface area contributed by atoms with E-state index < -0.39 is 0 Å². The van der Waals surface area contributed by atoms with Gasteiger partial charge in [0.2, 0.25) is 5.91 Å². The molecule has 0 spiro atoms. The van der Waals surface area contributed by atoms with Gasteiger partial charge in [0, 0.05) is 40.7 Å². The third-order valence-corrected chi connectivity index (χ3v) is 1.87. The minimum Gasteiger partial charge on any atom is -0.382 e. The first-order valence-electron chi connectivity index (χ1n) is 5.16. The van der Waals surface area contributed by atoms with Gasteiger partial charge in [-0.1, -0.05) is 0 Å². The number of carbonyl (C=O) groups excluding carboxylic acids is 1. The first kappa shape index (κ1) is 14.3. The quantitative estimate of drug-likeness (QED) is 0.541. The third kappa shape index (κ3) is 9.65. The van der Waals surface area contributed by atoms with Crippen LogP contribution in [0.5, 0.6) is 0 Å². The van der Waals surface area contributed by atoms with Crippen molar-refractivity contribution in [3.63, 3.8) is 0 Å². The van der Waals surface area contributed by atoms with Gasteiger partial charge in [0.05, 0.1) is 19.8 Å². The van der Waals surface area contributed by atoms with Crippen molar-refractivity contribution >= 4 is 5.91 Å². The maximum atomic E-state index is 11.2. The lowest BCUT2D eigenvalue weighted by molar-refractivity contribution is -0.128. The Morgan fingerprint density at radius 1 is 1.20 bits per heavy atom. The van der Waals surface area contributed by atoms with Gasteiger partial charge in [-0.3, -0.25) is 4.79 Å². The monoisotopic (exact) mass is 218 g/mol. The van der Waals surface area contributed by atoms with Crippen LogP contribution in [0.25, 0.3) is 0 Å². The zero-order valence-corrected chi connectivity index (χ0v) is 9.91. The molecule has 0 heterocycles. The summed E-state index contributed by atoms with van der Waals surface area (Å²) in [6, 6.07) is 0. The molecule has 5 heteroatoms. The van der Waals surface area contributed by atoms with E-state index in [9.17, 15) is 4.79 Å². The second-order valence-electron chi connectivity index (χ2n) is 3.39. The summed E-state index contributed by atoms with van der Waals surface area (Å²) in [6.07, 6.45) is 0.533. The standard InChI is InChI=1S/C10H22N2O3/c1-12(2)10(13)4-5-11-6-7-15-9-8-14-3/h11H,4-9H2,1-3H3. The predicted molar refractivity (Wildman–Crippen MR) is 58.9 cm³/mol. The van der Waals surface area contributed by atoms with Crippen molar-refractivity contribution in [3.05, 3.63) is 0 Å². The molecule has 0 radical (unpaired) electrons. The summed E-state index contributed by atoms with van der Waals surface area (Å²) in [4.78, 5) is 12.7. The van der Waals surface area contributed by atoms with Gasteiger partial charge in [-0.2, -0.15) is 0 Å². The Balaban J connectivity index is 3.08. The van der Waals surface area contributed by atoms with E-state index in [0.717, 1.165) is 6.54 Å². The highest BCUT2D eigenvalue weighted by atomic mass is 16.5. The van der Waals surface area contributed by atoms with Crippen LogP contribution in [0, 0.1) is 0 Å². The van der Waals surface area contributed by atoms with Gasteiger partial charge in [0.1, 0.15) is 0 Å². The average Bonchev–Trinajstić information content (AvgIpc) is 2.21. The molecule has 0 atom stereocenters. The molecule has 0 aliphatic carbocycles. The molecule has 5 nitrogen and oxygen atoms in total. The molecular weight excluding hydrogens is 196 g/mol. The first-order valence-corrected chi connectivity index (χ1v) is 5.16. The second-order valence-corrected chi connectivity index (χ2v) is 3.39. The second kappa shape index (κ2) is 9.89. The van der Waals surface area contributed by atoms with E-state index in [2.05, 4.69) is 5.32 Å². The molecule has 0 saturated heterocycles. The van der Waals surface area contributed by atoms with Crippen LogP contribution in [0.1, 0.15) is 6.42 Å². The average molecular weight is 218 g/mol. The Labute approximate surface area is 91.7 Å². The predicted octanol–water partition coefficient (Wildman–Crippen LogP) is -0.283. The summed E-state index contributed by atoms with van der Waals surface area (Å²) in [6.45, 7) is 3.36. The van der Waals surface area contributed by atoms with Crippen molar-refractivity contribution in [2.24, 2.45) is 0 Å². The topological polar surface area (TPSA) is 50.8 Å². The van der Waals surface area contributed by atoms with E-state index in [1.807, 2.05) is 0 Å². The molecule has 0 unspecified atom stereocenters. The molecular formula is C10H22N2O3. The molecule has 0 fully saturated rings. The Morgan fingerprint density at radius 2 is 1.93 bits per heavy atom. The molecule has 0 aromatic rings.